The van der Waals surface area contributed by atoms with Gasteiger partial charge in [-0.2, -0.15) is 0 Å². The fourth-order valence-electron chi connectivity index (χ4n) is 5.33. The molecule has 0 bridgehead atoms. The normalized spacial score (nSPS) is 25.4. The molecule has 1 aromatic carbocycles. The van der Waals surface area contributed by atoms with Gasteiger partial charge in [0.15, 0.2) is 5.78 Å². The van der Waals surface area contributed by atoms with Gasteiger partial charge in [0.25, 0.3) is 5.91 Å². The van der Waals surface area contributed by atoms with Crippen LogP contribution in [-0.4, -0.2) is 111 Å². The lowest BCUT2D eigenvalue weighted by molar-refractivity contribution is -0.138. The van der Waals surface area contributed by atoms with Gasteiger partial charge in [0.2, 0.25) is 5.91 Å². The Morgan fingerprint density at radius 3 is 2.50 bits per heavy atom. The number of ether oxygens (including phenoxy) is 2. The minimum absolute atomic E-state index is 0.0252. The average molecular weight is 502 g/mol. The van der Waals surface area contributed by atoms with Crippen LogP contribution in [0.1, 0.15) is 30.6 Å². The van der Waals surface area contributed by atoms with E-state index < -0.39 is 24.2 Å². The largest absolute Gasteiger partial charge is 0.383 e. The fraction of sp³-hybridized carbons (Fsp3) is 0.654. The van der Waals surface area contributed by atoms with Crippen molar-refractivity contribution in [2.45, 2.75) is 44.5 Å². The van der Waals surface area contributed by atoms with Gasteiger partial charge in [-0.1, -0.05) is 13.8 Å². The molecule has 4 atom stereocenters. The number of ketones is 1. The molecule has 3 saturated heterocycles. The highest BCUT2D eigenvalue weighted by molar-refractivity contribution is 5.99. The number of carbonyl (C=O) groups excluding carboxylic acids is 3. The molecule has 3 aliphatic rings. The highest BCUT2D eigenvalue weighted by Gasteiger charge is 2.52. The van der Waals surface area contributed by atoms with Gasteiger partial charge in [0, 0.05) is 57.6 Å². The number of likely N-dealkylation sites (tertiary alicyclic amines) is 1. The smallest absolute Gasteiger partial charge is 0.251 e. The predicted molar refractivity (Wildman–Crippen MR) is 136 cm³/mol. The maximum atomic E-state index is 13.5. The van der Waals surface area contributed by atoms with E-state index in [4.69, 9.17) is 15.2 Å². The third kappa shape index (κ3) is 5.88. The molecule has 0 radical (unpaired) electrons. The molecule has 1 aromatic rings. The van der Waals surface area contributed by atoms with Crippen molar-refractivity contribution < 1.29 is 23.9 Å². The quantitative estimate of drug-likeness (QED) is 0.490. The zero-order chi connectivity index (χ0) is 25.8. The van der Waals surface area contributed by atoms with Gasteiger partial charge in [-0.3, -0.25) is 19.3 Å². The molecule has 0 aromatic heterocycles. The average Bonchev–Trinajstić information content (AvgIpc) is 3.42. The molecule has 10 nitrogen and oxygen atoms in total. The number of nitrogens with one attached hydrogen (secondary N) is 1. The minimum atomic E-state index is -0.739. The zero-order valence-corrected chi connectivity index (χ0v) is 21.5. The number of amides is 2. The van der Waals surface area contributed by atoms with Gasteiger partial charge >= 0.3 is 0 Å². The lowest BCUT2D eigenvalue weighted by Crippen LogP contribution is -2.52. The summed E-state index contributed by atoms with van der Waals surface area (Å²) in [4.78, 5) is 45.1. The maximum Gasteiger partial charge on any atom is 0.251 e. The second kappa shape index (κ2) is 11.7. The molecule has 4 rings (SSSR count). The van der Waals surface area contributed by atoms with Crippen LogP contribution >= 0.6 is 0 Å². The van der Waals surface area contributed by atoms with E-state index in [1.54, 1.807) is 19.2 Å². The molecular weight excluding hydrogens is 462 g/mol. The molecule has 10 heteroatoms. The number of rotatable bonds is 9. The first-order valence-corrected chi connectivity index (χ1v) is 12.9. The van der Waals surface area contributed by atoms with E-state index in [1.165, 1.54) is 4.90 Å². The molecule has 3 aliphatic heterocycles. The van der Waals surface area contributed by atoms with Crippen LogP contribution < -0.4 is 16.0 Å². The number of benzene rings is 1. The molecule has 0 spiro atoms. The molecule has 0 saturated carbocycles. The van der Waals surface area contributed by atoms with Crippen molar-refractivity contribution in [3.63, 3.8) is 0 Å². The van der Waals surface area contributed by atoms with Gasteiger partial charge in [0.1, 0.15) is 24.8 Å². The number of piperazine rings is 1. The van der Waals surface area contributed by atoms with Crippen LogP contribution in [0.5, 0.6) is 0 Å². The van der Waals surface area contributed by atoms with Crippen molar-refractivity contribution >= 4 is 23.3 Å². The topological polar surface area (TPSA) is 117 Å². The van der Waals surface area contributed by atoms with Crippen molar-refractivity contribution in [2.24, 2.45) is 11.7 Å². The van der Waals surface area contributed by atoms with Gasteiger partial charge in [0.05, 0.1) is 12.6 Å². The Bertz CT molecular complexity index is 931. The van der Waals surface area contributed by atoms with E-state index in [0.29, 0.717) is 12.0 Å². The van der Waals surface area contributed by atoms with Gasteiger partial charge in [-0.05, 0) is 36.6 Å². The number of carbonyl (C=O) groups is 3. The highest BCUT2D eigenvalue weighted by Crippen LogP contribution is 2.28. The third-order valence-corrected chi connectivity index (χ3v) is 7.30. The molecule has 36 heavy (non-hydrogen) atoms. The SMILES string of the molecule is COCCN1CCN(c2ccc(C(=O)NC(CC(C)C)C(=O)N3C[C@@H](N)[C@H]4OCC(=O)[C@H]43)cc2)CC1. The van der Waals surface area contributed by atoms with E-state index in [1.807, 2.05) is 26.0 Å². The Morgan fingerprint density at radius 2 is 1.86 bits per heavy atom. The summed E-state index contributed by atoms with van der Waals surface area (Å²) in [6.45, 7) is 9.68. The second-order valence-corrected chi connectivity index (χ2v) is 10.4. The molecule has 3 heterocycles. The summed E-state index contributed by atoms with van der Waals surface area (Å²) < 4.78 is 10.7. The van der Waals surface area contributed by atoms with Gasteiger partial charge in [-0.15, -0.1) is 0 Å². The molecule has 3 N–H and O–H groups in total. The standard InChI is InChI=1S/C26H39N5O5/c1-17(2)14-21(26(34)31-15-20(27)24-23(31)22(32)16-36-24)28-25(33)18-4-6-19(7-5-18)30-10-8-29(9-11-30)12-13-35-3/h4-7,17,20-21,23-24H,8-16,27H2,1-3H3,(H,28,33)/t20-,21?,23-,24-/m1/s1. The molecule has 3 fully saturated rings. The van der Waals surface area contributed by atoms with E-state index in [9.17, 15) is 14.4 Å². The summed E-state index contributed by atoms with van der Waals surface area (Å²) in [5.74, 6) is -0.543. The number of nitrogens with zero attached hydrogens (tertiary/aromatic N) is 3. The number of hydrogen-bond donors (Lipinski definition) is 2. The van der Waals surface area contributed by atoms with Crippen molar-refractivity contribution in [2.75, 3.05) is 64.5 Å². The summed E-state index contributed by atoms with van der Waals surface area (Å²) in [6, 6.07) is 5.71. The van der Waals surface area contributed by atoms with Gasteiger partial charge in [-0.25, -0.2) is 0 Å². The number of Topliss-reactive ketones (excluding diaryl/α,β-unsaturated/α-hetero) is 1. The Balaban J connectivity index is 1.38. The van der Waals surface area contributed by atoms with E-state index in [-0.39, 0.29) is 36.7 Å². The Kier molecular flexibility index (Phi) is 8.61. The number of fused-ring (bicyclic) bond motifs is 1. The lowest BCUT2D eigenvalue weighted by atomic mass is 10.0. The first kappa shape index (κ1) is 26.5. The third-order valence-electron chi connectivity index (χ3n) is 7.30. The van der Waals surface area contributed by atoms with E-state index in [2.05, 4.69) is 15.1 Å². The Hall–Kier alpha value is -2.53. The summed E-state index contributed by atoms with van der Waals surface area (Å²) in [5.41, 5.74) is 7.71. The van der Waals surface area contributed by atoms with Crippen molar-refractivity contribution in [1.82, 2.24) is 15.1 Å². The highest BCUT2D eigenvalue weighted by atomic mass is 16.5. The summed E-state index contributed by atoms with van der Waals surface area (Å²) >= 11 is 0. The Labute approximate surface area is 213 Å². The number of hydrogen-bond acceptors (Lipinski definition) is 8. The van der Waals surface area contributed by atoms with E-state index >= 15 is 0 Å². The number of anilines is 1. The molecule has 1 unspecified atom stereocenters. The molecular formula is C26H39N5O5. The Morgan fingerprint density at radius 1 is 1.17 bits per heavy atom. The predicted octanol–water partition coefficient (Wildman–Crippen LogP) is 0.106. The summed E-state index contributed by atoms with van der Waals surface area (Å²) in [5, 5.41) is 2.92. The second-order valence-electron chi connectivity index (χ2n) is 10.4. The first-order valence-electron chi connectivity index (χ1n) is 12.9. The van der Waals surface area contributed by atoms with Crippen LogP contribution in [0.3, 0.4) is 0 Å². The van der Waals surface area contributed by atoms with Crippen molar-refractivity contribution in [3.8, 4) is 0 Å². The lowest BCUT2D eigenvalue weighted by Gasteiger charge is -2.36. The van der Waals surface area contributed by atoms with Crippen molar-refractivity contribution in [3.05, 3.63) is 29.8 Å². The summed E-state index contributed by atoms with van der Waals surface area (Å²) in [6.07, 6.45) is 0.00000278. The molecule has 2 amide bonds. The van der Waals surface area contributed by atoms with Gasteiger partial charge < -0.3 is 30.3 Å². The van der Waals surface area contributed by atoms with Crippen LogP contribution in [0.2, 0.25) is 0 Å². The first-order chi connectivity index (χ1) is 17.3. The van der Waals surface area contributed by atoms with Crippen molar-refractivity contribution in [1.29, 1.82) is 0 Å². The molecule has 0 aliphatic carbocycles. The fourth-order valence-corrected chi connectivity index (χ4v) is 5.33. The summed E-state index contributed by atoms with van der Waals surface area (Å²) in [7, 11) is 1.72. The van der Waals surface area contributed by atoms with Crippen LogP contribution in [0.15, 0.2) is 24.3 Å². The van der Waals surface area contributed by atoms with Crippen LogP contribution in [-0.2, 0) is 19.1 Å². The van der Waals surface area contributed by atoms with Crippen LogP contribution in [0.4, 0.5) is 5.69 Å². The van der Waals surface area contributed by atoms with Crippen LogP contribution in [0.25, 0.3) is 0 Å². The van der Waals surface area contributed by atoms with Crippen LogP contribution in [0, 0.1) is 5.92 Å². The minimum Gasteiger partial charge on any atom is -0.383 e. The zero-order valence-electron chi connectivity index (χ0n) is 21.5. The van der Waals surface area contributed by atoms with E-state index in [0.717, 1.165) is 45.0 Å². The number of methoxy groups -OCH3 is 1. The molecule has 198 valence electrons. The number of nitrogens with two attached hydrogens (primary N) is 1. The maximum absolute atomic E-state index is 13.5. The monoisotopic (exact) mass is 501 g/mol.